The number of aliphatic hydroxyl groups is 1. The zero-order valence-electron chi connectivity index (χ0n) is 12.1. The quantitative estimate of drug-likeness (QED) is 0.612. The number of rotatable bonds is 6. The van der Waals surface area contributed by atoms with Crippen molar-refractivity contribution in [2.24, 2.45) is 0 Å². The van der Waals surface area contributed by atoms with Gasteiger partial charge in [-0.25, -0.2) is 0 Å². The molecule has 1 heterocycles. The van der Waals surface area contributed by atoms with Crippen molar-refractivity contribution in [3.05, 3.63) is 28.3 Å². The summed E-state index contributed by atoms with van der Waals surface area (Å²) in [5, 5.41) is 23.0. The number of ether oxygens (including phenoxy) is 1. The Morgan fingerprint density at radius 1 is 1.48 bits per heavy atom. The van der Waals surface area contributed by atoms with Gasteiger partial charge in [0.2, 0.25) is 0 Å². The van der Waals surface area contributed by atoms with E-state index in [9.17, 15) is 10.1 Å². The van der Waals surface area contributed by atoms with Crippen molar-refractivity contribution in [3.63, 3.8) is 0 Å². The van der Waals surface area contributed by atoms with E-state index < -0.39 is 0 Å². The molecule has 1 aromatic carbocycles. The molecule has 0 aliphatic carbocycles. The molecule has 0 radical (unpaired) electrons. The summed E-state index contributed by atoms with van der Waals surface area (Å²) in [5.41, 5.74) is 1.29. The van der Waals surface area contributed by atoms with Crippen LogP contribution in [0.15, 0.2) is 18.2 Å². The summed E-state index contributed by atoms with van der Waals surface area (Å²) >= 11 is 0. The molecule has 0 bridgehead atoms. The predicted molar refractivity (Wildman–Crippen MR) is 80.9 cm³/mol. The Bertz CT molecular complexity index is 487. The second-order valence-corrected chi connectivity index (χ2v) is 4.96. The normalized spacial score (nSPS) is 16.0. The SMILES string of the molecule is CNc1cccc(N2CCC(OCCO)CC2)c1[N+](=O)[O-]. The number of nitro benzene ring substituents is 1. The van der Waals surface area contributed by atoms with E-state index in [1.54, 1.807) is 19.2 Å². The van der Waals surface area contributed by atoms with Crippen LogP contribution in [0.1, 0.15) is 12.8 Å². The number of para-hydroxylation sites is 1. The molecule has 1 fully saturated rings. The lowest BCUT2D eigenvalue weighted by Gasteiger charge is -2.33. The van der Waals surface area contributed by atoms with Crippen molar-refractivity contribution < 1.29 is 14.8 Å². The number of anilines is 2. The van der Waals surface area contributed by atoms with Gasteiger partial charge < -0.3 is 20.1 Å². The first-order valence-electron chi connectivity index (χ1n) is 7.10. The Hall–Kier alpha value is -1.86. The van der Waals surface area contributed by atoms with Crippen LogP contribution in [-0.2, 0) is 4.74 Å². The van der Waals surface area contributed by atoms with Crippen LogP contribution in [0.2, 0.25) is 0 Å². The van der Waals surface area contributed by atoms with Crippen LogP contribution in [-0.4, -0.2) is 49.5 Å². The summed E-state index contributed by atoms with van der Waals surface area (Å²) in [6.07, 6.45) is 1.74. The van der Waals surface area contributed by atoms with Gasteiger partial charge in [-0.15, -0.1) is 0 Å². The van der Waals surface area contributed by atoms with Gasteiger partial charge in [-0.05, 0) is 25.0 Å². The standard InChI is InChI=1S/C14H21N3O4/c1-15-12-3-2-4-13(14(12)17(19)20)16-7-5-11(6-8-16)21-10-9-18/h2-4,11,15,18H,5-10H2,1H3. The highest BCUT2D eigenvalue weighted by atomic mass is 16.6. The summed E-state index contributed by atoms with van der Waals surface area (Å²) in [6, 6.07) is 5.31. The Labute approximate surface area is 123 Å². The van der Waals surface area contributed by atoms with Crippen molar-refractivity contribution in [1.29, 1.82) is 0 Å². The fourth-order valence-corrected chi connectivity index (χ4v) is 2.66. The maximum Gasteiger partial charge on any atom is 0.315 e. The maximum absolute atomic E-state index is 11.3. The summed E-state index contributed by atoms with van der Waals surface area (Å²) < 4.78 is 5.52. The van der Waals surface area contributed by atoms with Crippen LogP contribution in [0.4, 0.5) is 17.1 Å². The summed E-state index contributed by atoms with van der Waals surface area (Å²) in [7, 11) is 1.68. The molecule has 2 rings (SSSR count). The molecule has 1 aromatic rings. The van der Waals surface area contributed by atoms with Gasteiger partial charge in [0, 0.05) is 20.1 Å². The van der Waals surface area contributed by atoms with E-state index in [1.807, 2.05) is 11.0 Å². The van der Waals surface area contributed by atoms with Gasteiger partial charge in [0.1, 0.15) is 11.4 Å². The van der Waals surface area contributed by atoms with Gasteiger partial charge in [0.25, 0.3) is 0 Å². The molecule has 0 spiro atoms. The van der Waals surface area contributed by atoms with Crippen molar-refractivity contribution in [2.45, 2.75) is 18.9 Å². The Morgan fingerprint density at radius 3 is 2.76 bits per heavy atom. The minimum atomic E-state index is -0.338. The second kappa shape index (κ2) is 7.24. The van der Waals surface area contributed by atoms with Gasteiger partial charge >= 0.3 is 5.69 Å². The molecule has 0 amide bonds. The Balaban J connectivity index is 2.11. The first kappa shape index (κ1) is 15.5. The third-order valence-electron chi connectivity index (χ3n) is 3.69. The summed E-state index contributed by atoms with van der Waals surface area (Å²) in [6.45, 7) is 1.80. The van der Waals surface area contributed by atoms with Gasteiger partial charge in [-0.3, -0.25) is 10.1 Å². The predicted octanol–water partition coefficient (Wildman–Crippen LogP) is 1.61. The van der Waals surface area contributed by atoms with E-state index in [0.29, 0.717) is 31.1 Å². The number of nitrogens with zero attached hydrogens (tertiary/aromatic N) is 2. The molecule has 21 heavy (non-hydrogen) atoms. The Kier molecular flexibility index (Phi) is 5.35. The van der Waals surface area contributed by atoms with Crippen LogP contribution >= 0.6 is 0 Å². The lowest BCUT2D eigenvalue weighted by atomic mass is 10.1. The minimum absolute atomic E-state index is 0.0237. The fraction of sp³-hybridized carbons (Fsp3) is 0.571. The van der Waals surface area contributed by atoms with E-state index >= 15 is 0 Å². The summed E-state index contributed by atoms with van der Waals surface area (Å²) in [5.74, 6) is 0. The van der Waals surface area contributed by atoms with Crippen molar-refractivity contribution in [1.82, 2.24) is 0 Å². The molecule has 0 saturated carbocycles. The lowest BCUT2D eigenvalue weighted by molar-refractivity contribution is -0.383. The molecule has 1 aliphatic heterocycles. The zero-order chi connectivity index (χ0) is 15.2. The first-order valence-corrected chi connectivity index (χ1v) is 7.10. The van der Waals surface area contributed by atoms with E-state index in [-0.39, 0.29) is 23.3 Å². The molecule has 7 nitrogen and oxygen atoms in total. The third kappa shape index (κ3) is 3.62. The maximum atomic E-state index is 11.3. The van der Waals surface area contributed by atoms with Crippen LogP contribution in [0.25, 0.3) is 0 Å². The molecule has 0 unspecified atom stereocenters. The number of hydrogen-bond acceptors (Lipinski definition) is 6. The first-order chi connectivity index (χ1) is 10.2. The molecule has 0 aromatic heterocycles. The molecule has 0 atom stereocenters. The van der Waals surface area contributed by atoms with Crippen molar-refractivity contribution in [2.75, 3.05) is 43.6 Å². The van der Waals surface area contributed by atoms with Crippen LogP contribution in [0.3, 0.4) is 0 Å². The number of aliphatic hydroxyl groups excluding tert-OH is 1. The average molecular weight is 295 g/mol. The third-order valence-corrected chi connectivity index (χ3v) is 3.69. The molecular formula is C14H21N3O4. The highest BCUT2D eigenvalue weighted by Crippen LogP contribution is 2.36. The van der Waals surface area contributed by atoms with Crippen LogP contribution < -0.4 is 10.2 Å². The van der Waals surface area contributed by atoms with Crippen molar-refractivity contribution >= 4 is 17.1 Å². The molecular weight excluding hydrogens is 274 g/mol. The number of benzene rings is 1. The highest BCUT2D eigenvalue weighted by molar-refractivity contribution is 5.77. The number of nitrogens with one attached hydrogen (secondary N) is 1. The Morgan fingerprint density at radius 2 is 2.19 bits per heavy atom. The average Bonchev–Trinajstić information content (AvgIpc) is 2.52. The monoisotopic (exact) mass is 295 g/mol. The molecule has 1 saturated heterocycles. The van der Waals surface area contributed by atoms with E-state index in [1.165, 1.54) is 0 Å². The van der Waals surface area contributed by atoms with Gasteiger partial charge in [-0.1, -0.05) is 6.07 Å². The largest absolute Gasteiger partial charge is 0.394 e. The fourth-order valence-electron chi connectivity index (χ4n) is 2.66. The van der Waals surface area contributed by atoms with Crippen LogP contribution in [0, 0.1) is 10.1 Å². The highest BCUT2D eigenvalue weighted by Gasteiger charge is 2.27. The van der Waals surface area contributed by atoms with E-state index in [2.05, 4.69) is 5.32 Å². The van der Waals surface area contributed by atoms with E-state index in [4.69, 9.17) is 9.84 Å². The second-order valence-electron chi connectivity index (χ2n) is 4.96. The molecule has 1 aliphatic rings. The number of nitro groups is 1. The van der Waals surface area contributed by atoms with Crippen molar-refractivity contribution in [3.8, 4) is 0 Å². The molecule has 2 N–H and O–H groups in total. The zero-order valence-corrected chi connectivity index (χ0v) is 12.1. The molecule has 116 valence electrons. The van der Waals surface area contributed by atoms with E-state index in [0.717, 1.165) is 12.8 Å². The molecule has 7 heteroatoms. The topological polar surface area (TPSA) is 87.9 Å². The van der Waals surface area contributed by atoms with Gasteiger partial charge in [0.15, 0.2) is 0 Å². The van der Waals surface area contributed by atoms with Gasteiger partial charge in [-0.2, -0.15) is 0 Å². The summed E-state index contributed by atoms with van der Waals surface area (Å²) in [4.78, 5) is 13.0. The minimum Gasteiger partial charge on any atom is -0.394 e. The van der Waals surface area contributed by atoms with Crippen LogP contribution in [0.5, 0.6) is 0 Å². The number of piperidine rings is 1. The number of hydrogen-bond donors (Lipinski definition) is 2. The smallest absolute Gasteiger partial charge is 0.315 e. The van der Waals surface area contributed by atoms with Gasteiger partial charge in [0.05, 0.1) is 24.2 Å². The lowest BCUT2D eigenvalue weighted by Crippen LogP contribution is -2.37.